The van der Waals surface area contributed by atoms with Crippen molar-refractivity contribution < 1.29 is 14.8 Å². The van der Waals surface area contributed by atoms with E-state index >= 15 is 0 Å². The second-order valence-electron chi connectivity index (χ2n) is 3.07. The van der Waals surface area contributed by atoms with Crippen LogP contribution in [0, 0.1) is 27.5 Å². The fourth-order valence-electron chi connectivity index (χ4n) is 1.28. The Bertz CT molecular complexity index is 418. The molecule has 0 atom stereocenters. The smallest absolute Gasteiger partial charge is 0.336 e. The van der Waals surface area contributed by atoms with E-state index in [1.165, 1.54) is 0 Å². The third-order valence-electron chi connectivity index (χ3n) is 2.15. The molecule has 0 radical (unpaired) electrons. The highest BCUT2D eigenvalue weighted by molar-refractivity contribution is 14.1. The molecule has 1 aromatic carbocycles. The number of rotatable bonds is 2. The first kappa shape index (κ1) is 11.9. The first-order chi connectivity index (χ1) is 6.86. The average Bonchev–Trinajstić information content (AvgIpc) is 2.13. The minimum Gasteiger partial charge on any atom is -0.478 e. The Balaban J connectivity index is 3.59. The molecule has 0 aromatic heterocycles. The molecule has 0 fully saturated rings. The molecule has 0 spiro atoms. The van der Waals surface area contributed by atoms with Gasteiger partial charge in [-0.3, -0.25) is 10.1 Å². The summed E-state index contributed by atoms with van der Waals surface area (Å²) in [6.45, 7) is 3.25. The standard InChI is InChI=1S/C9H8INO4/c1-4-6(9(12)13)3-7(11(14)15)5(2)8(4)10/h3H,1-2H3,(H,12,13). The second kappa shape index (κ2) is 4.13. The van der Waals surface area contributed by atoms with Gasteiger partial charge in [0.05, 0.1) is 10.5 Å². The largest absolute Gasteiger partial charge is 0.478 e. The van der Waals surface area contributed by atoms with Gasteiger partial charge >= 0.3 is 5.97 Å². The molecule has 1 aromatic rings. The molecule has 0 aliphatic heterocycles. The van der Waals surface area contributed by atoms with E-state index in [-0.39, 0.29) is 11.3 Å². The van der Waals surface area contributed by atoms with Crippen molar-refractivity contribution in [3.63, 3.8) is 0 Å². The highest BCUT2D eigenvalue weighted by Crippen LogP contribution is 2.28. The number of carboxylic acids is 1. The molecule has 0 unspecified atom stereocenters. The summed E-state index contributed by atoms with van der Waals surface area (Å²) in [6, 6.07) is 1.11. The molecule has 1 N–H and O–H groups in total. The van der Waals surface area contributed by atoms with Crippen molar-refractivity contribution in [2.45, 2.75) is 13.8 Å². The van der Waals surface area contributed by atoms with Crippen LogP contribution in [0.4, 0.5) is 5.69 Å². The van der Waals surface area contributed by atoms with E-state index in [0.717, 1.165) is 6.07 Å². The molecule has 0 saturated heterocycles. The molecule has 1 rings (SSSR count). The number of aromatic carboxylic acids is 1. The summed E-state index contributed by atoms with van der Waals surface area (Å²) in [7, 11) is 0. The number of carboxylic acid groups (broad SMARTS) is 1. The molecule has 0 amide bonds. The SMILES string of the molecule is Cc1c(C(=O)O)cc([N+](=O)[O-])c(C)c1I. The minimum atomic E-state index is -1.14. The van der Waals surface area contributed by atoms with Gasteiger partial charge < -0.3 is 5.11 Å². The Kier molecular flexibility index (Phi) is 3.28. The van der Waals surface area contributed by atoms with Gasteiger partial charge in [-0.05, 0) is 42.0 Å². The zero-order valence-corrected chi connectivity index (χ0v) is 10.2. The average molecular weight is 321 g/mol. The first-order valence-corrected chi connectivity index (χ1v) is 5.11. The van der Waals surface area contributed by atoms with Crippen LogP contribution in [0.1, 0.15) is 21.5 Å². The van der Waals surface area contributed by atoms with Gasteiger partial charge in [0.1, 0.15) is 0 Å². The zero-order chi connectivity index (χ0) is 11.7. The molecule has 0 heterocycles. The van der Waals surface area contributed by atoms with Crippen molar-refractivity contribution in [3.8, 4) is 0 Å². The molecule has 0 bridgehead atoms. The van der Waals surface area contributed by atoms with Gasteiger partial charge in [-0.25, -0.2) is 4.79 Å². The van der Waals surface area contributed by atoms with Crippen LogP contribution in [0.15, 0.2) is 6.07 Å². The van der Waals surface area contributed by atoms with E-state index < -0.39 is 10.9 Å². The normalized spacial score (nSPS) is 10.1. The van der Waals surface area contributed by atoms with Crippen LogP contribution in [-0.4, -0.2) is 16.0 Å². The van der Waals surface area contributed by atoms with Crippen molar-refractivity contribution >= 4 is 34.2 Å². The Hall–Kier alpha value is -1.18. The van der Waals surface area contributed by atoms with Crippen molar-refractivity contribution in [3.05, 3.63) is 36.4 Å². The van der Waals surface area contributed by atoms with Gasteiger partial charge in [0.25, 0.3) is 5.69 Å². The van der Waals surface area contributed by atoms with Crippen LogP contribution in [0.25, 0.3) is 0 Å². The second-order valence-corrected chi connectivity index (χ2v) is 4.15. The number of halogens is 1. The van der Waals surface area contributed by atoms with Crippen molar-refractivity contribution in [2.24, 2.45) is 0 Å². The van der Waals surface area contributed by atoms with Crippen LogP contribution in [0.5, 0.6) is 0 Å². The number of nitrogens with zero attached hydrogens (tertiary/aromatic N) is 1. The van der Waals surface area contributed by atoms with Gasteiger partial charge in [-0.2, -0.15) is 0 Å². The highest BCUT2D eigenvalue weighted by Gasteiger charge is 2.21. The molecule has 0 saturated carbocycles. The number of nitro benzene ring substituents is 1. The first-order valence-electron chi connectivity index (χ1n) is 4.03. The molecule has 0 aliphatic carbocycles. The van der Waals surface area contributed by atoms with Gasteiger partial charge in [0.15, 0.2) is 0 Å². The summed E-state index contributed by atoms with van der Waals surface area (Å²) in [5.74, 6) is -1.14. The molecular weight excluding hydrogens is 313 g/mol. The number of hydrogen-bond donors (Lipinski definition) is 1. The minimum absolute atomic E-state index is 0.0169. The zero-order valence-electron chi connectivity index (χ0n) is 8.07. The summed E-state index contributed by atoms with van der Waals surface area (Å²) < 4.78 is 0.624. The Morgan fingerprint density at radius 3 is 2.40 bits per heavy atom. The van der Waals surface area contributed by atoms with Gasteiger partial charge in [0, 0.05) is 15.2 Å². The maximum absolute atomic E-state index is 10.8. The van der Waals surface area contributed by atoms with E-state index in [0.29, 0.717) is 14.7 Å². The fraction of sp³-hybridized carbons (Fsp3) is 0.222. The Morgan fingerprint density at radius 2 is 2.00 bits per heavy atom. The maximum atomic E-state index is 10.8. The van der Waals surface area contributed by atoms with Crippen molar-refractivity contribution in [2.75, 3.05) is 0 Å². The molecule has 6 heteroatoms. The third kappa shape index (κ3) is 2.09. The molecule has 5 nitrogen and oxygen atoms in total. The van der Waals surface area contributed by atoms with Crippen LogP contribution >= 0.6 is 22.6 Å². The molecular formula is C9H8INO4. The molecule has 80 valence electrons. The summed E-state index contributed by atoms with van der Waals surface area (Å²) >= 11 is 1.92. The quantitative estimate of drug-likeness (QED) is 0.516. The monoisotopic (exact) mass is 321 g/mol. The number of nitro groups is 1. The van der Waals surface area contributed by atoms with E-state index in [1.54, 1.807) is 13.8 Å². The lowest BCUT2D eigenvalue weighted by Gasteiger charge is -2.07. The summed E-state index contributed by atoms with van der Waals surface area (Å²) in [5.41, 5.74) is 0.897. The topological polar surface area (TPSA) is 80.4 Å². The predicted molar refractivity (Wildman–Crippen MR) is 62.2 cm³/mol. The predicted octanol–water partition coefficient (Wildman–Crippen LogP) is 2.51. The lowest BCUT2D eigenvalue weighted by molar-refractivity contribution is -0.385. The van der Waals surface area contributed by atoms with Crippen LogP contribution in [-0.2, 0) is 0 Å². The van der Waals surface area contributed by atoms with Crippen LogP contribution < -0.4 is 0 Å². The highest BCUT2D eigenvalue weighted by atomic mass is 127. The van der Waals surface area contributed by atoms with E-state index in [9.17, 15) is 14.9 Å². The van der Waals surface area contributed by atoms with E-state index in [1.807, 2.05) is 22.6 Å². The van der Waals surface area contributed by atoms with Gasteiger partial charge in [-0.15, -0.1) is 0 Å². The summed E-state index contributed by atoms with van der Waals surface area (Å²) in [4.78, 5) is 20.9. The van der Waals surface area contributed by atoms with E-state index in [4.69, 9.17) is 5.11 Å². The van der Waals surface area contributed by atoms with Gasteiger partial charge in [-0.1, -0.05) is 0 Å². The molecule has 0 aliphatic rings. The van der Waals surface area contributed by atoms with Crippen LogP contribution in [0.2, 0.25) is 0 Å². The Morgan fingerprint density at radius 1 is 1.47 bits per heavy atom. The summed E-state index contributed by atoms with van der Waals surface area (Å²) in [5, 5.41) is 19.5. The van der Waals surface area contributed by atoms with Crippen molar-refractivity contribution in [1.29, 1.82) is 0 Å². The fourth-order valence-corrected chi connectivity index (χ4v) is 1.84. The lowest BCUT2D eigenvalue weighted by atomic mass is 10.0. The number of carbonyl (C=O) groups is 1. The Labute approximate surface area is 99.4 Å². The van der Waals surface area contributed by atoms with Crippen molar-refractivity contribution in [1.82, 2.24) is 0 Å². The number of hydrogen-bond acceptors (Lipinski definition) is 3. The molecule has 15 heavy (non-hydrogen) atoms. The maximum Gasteiger partial charge on any atom is 0.336 e. The van der Waals surface area contributed by atoms with Gasteiger partial charge in [0.2, 0.25) is 0 Å². The third-order valence-corrected chi connectivity index (χ3v) is 3.77. The van der Waals surface area contributed by atoms with E-state index in [2.05, 4.69) is 0 Å². The number of benzene rings is 1. The summed E-state index contributed by atoms with van der Waals surface area (Å²) in [6.07, 6.45) is 0. The lowest BCUT2D eigenvalue weighted by Crippen LogP contribution is -2.05. The van der Waals surface area contributed by atoms with Crippen LogP contribution in [0.3, 0.4) is 0 Å².